The van der Waals surface area contributed by atoms with E-state index in [1.54, 1.807) is 12.3 Å². The van der Waals surface area contributed by atoms with Crippen molar-refractivity contribution in [3.05, 3.63) is 70.5 Å². The van der Waals surface area contributed by atoms with Crippen LogP contribution < -0.4 is 0 Å². The average molecular weight is 469 g/mol. The van der Waals surface area contributed by atoms with Crippen LogP contribution >= 0.6 is 0 Å². The minimum atomic E-state index is -1.05. The second-order valence-corrected chi connectivity index (χ2v) is 10.0. The first-order valence-electron chi connectivity index (χ1n) is 11.2. The molecule has 0 radical (unpaired) electrons. The van der Waals surface area contributed by atoms with E-state index in [2.05, 4.69) is 4.90 Å². The molecule has 1 N–H and O–H groups in total. The summed E-state index contributed by atoms with van der Waals surface area (Å²) in [5, 5.41) is 11.2. The fourth-order valence-corrected chi connectivity index (χ4v) is 5.03. The number of fused-ring (bicyclic) bond motifs is 1. The highest BCUT2D eigenvalue weighted by Gasteiger charge is 2.27. The van der Waals surface area contributed by atoms with Crippen LogP contribution in [-0.4, -0.2) is 51.6 Å². The zero-order valence-electron chi connectivity index (χ0n) is 19.0. The molecule has 0 bridgehead atoms. The van der Waals surface area contributed by atoms with E-state index in [4.69, 9.17) is 0 Å². The summed E-state index contributed by atoms with van der Waals surface area (Å²) in [6.07, 6.45) is 6.96. The third-order valence-corrected chi connectivity index (χ3v) is 7.31. The molecule has 0 saturated carbocycles. The van der Waals surface area contributed by atoms with Crippen LogP contribution in [0.3, 0.4) is 0 Å². The smallest absolute Gasteiger partial charge is 0.251 e. The Morgan fingerprint density at radius 3 is 2.52 bits per heavy atom. The Balaban J connectivity index is 1.60. The van der Waals surface area contributed by atoms with Gasteiger partial charge in [-0.2, -0.15) is 0 Å². The molecule has 4 rings (SSSR count). The number of halogens is 1. The van der Waals surface area contributed by atoms with Gasteiger partial charge < -0.3 is 4.55 Å². The predicted molar refractivity (Wildman–Crippen MR) is 129 cm³/mol. The molecule has 1 atom stereocenters. The summed E-state index contributed by atoms with van der Waals surface area (Å²) < 4.78 is 25.8. The number of hydrogen-bond acceptors (Lipinski definition) is 4. The Morgan fingerprint density at radius 1 is 1.15 bits per heavy atom. The Hall–Kier alpha value is -2.45. The van der Waals surface area contributed by atoms with Crippen molar-refractivity contribution in [2.24, 2.45) is 0 Å². The third-order valence-electron chi connectivity index (χ3n) is 6.38. The van der Waals surface area contributed by atoms with Crippen LogP contribution in [0.25, 0.3) is 17.2 Å². The van der Waals surface area contributed by atoms with E-state index in [9.17, 15) is 18.9 Å². The number of amides is 1. The summed E-state index contributed by atoms with van der Waals surface area (Å²) in [7, 11) is 0. The molecule has 2 aromatic rings. The largest absolute Gasteiger partial charge is 0.612 e. The van der Waals surface area contributed by atoms with Gasteiger partial charge in [-0.25, -0.2) is 9.45 Å². The van der Waals surface area contributed by atoms with Crippen LogP contribution in [-0.2, 0) is 16.0 Å². The van der Waals surface area contributed by atoms with Crippen LogP contribution in [0, 0.1) is 5.82 Å². The number of nitrogens with zero attached hydrogens (tertiary/aromatic N) is 2. The van der Waals surface area contributed by atoms with Crippen LogP contribution in [0.1, 0.15) is 49.3 Å². The van der Waals surface area contributed by atoms with Crippen LogP contribution in [0.2, 0.25) is 0 Å². The average Bonchev–Trinajstić information content (AvgIpc) is 3.05. The molecule has 2 aromatic carbocycles. The Morgan fingerprint density at radius 2 is 1.85 bits per heavy atom. The molecule has 1 fully saturated rings. The third kappa shape index (κ3) is 5.38. The fraction of sp³-hybridized carbons (Fsp3) is 0.346. The van der Waals surface area contributed by atoms with Crippen molar-refractivity contribution in [1.82, 2.24) is 9.96 Å². The highest BCUT2D eigenvalue weighted by molar-refractivity contribution is 7.90. The Bertz CT molecular complexity index is 1090. The summed E-state index contributed by atoms with van der Waals surface area (Å²) in [4.78, 5) is 15.7. The molecule has 174 valence electrons. The minimum Gasteiger partial charge on any atom is -0.612 e. The first-order chi connectivity index (χ1) is 15.8. The van der Waals surface area contributed by atoms with Crippen LogP contribution in [0.15, 0.2) is 52.9 Å². The van der Waals surface area contributed by atoms with Crippen LogP contribution in [0.4, 0.5) is 4.39 Å². The lowest BCUT2D eigenvalue weighted by atomic mass is 10.0. The maximum Gasteiger partial charge on any atom is 0.251 e. The Labute approximate surface area is 197 Å². The summed E-state index contributed by atoms with van der Waals surface area (Å²) in [5.74, 6) is -0.766. The number of carbonyl (C=O) groups excluding carboxylic acids is 1. The molecule has 1 saturated heterocycles. The molecule has 1 amide bonds. The zero-order valence-corrected chi connectivity index (χ0v) is 19.8. The second-order valence-electron chi connectivity index (χ2n) is 8.66. The summed E-state index contributed by atoms with van der Waals surface area (Å²) in [6, 6.07) is 12.1. The van der Waals surface area contributed by atoms with Gasteiger partial charge >= 0.3 is 0 Å². The SMILES string of the molecule is CC1=C(CC(=O)N(O)CN2CCCCC2)c2cc(F)ccc2/C1=C\c1ccc([S+](C)[O-])cc1. The highest BCUT2D eigenvalue weighted by Crippen LogP contribution is 2.44. The maximum absolute atomic E-state index is 14.1. The molecule has 5 nitrogen and oxygen atoms in total. The summed E-state index contributed by atoms with van der Waals surface area (Å²) >= 11 is -1.05. The maximum atomic E-state index is 14.1. The highest BCUT2D eigenvalue weighted by atomic mass is 32.2. The molecule has 1 aliphatic carbocycles. The van der Waals surface area contributed by atoms with Gasteiger partial charge in [-0.1, -0.05) is 12.5 Å². The van der Waals surface area contributed by atoms with Gasteiger partial charge in [0.05, 0.1) is 6.42 Å². The first-order valence-corrected chi connectivity index (χ1v) is 12.8. The lowest BCUT2D eigenvalue weighted by Gasteiger charge is -2.29. The molecular formula is C26H29FN2O3S. The molecule has 1 aliphatic heterocycles. The molecule has 0 spiro atoms. The number of hydroxylamine groups is 2. The molecule has 33 heavy (non-hydrogen) atoms. The van der Waals surface area contributed by atoms with E-state index in [1.807, 2.05) is 37.3 Å². The quantitative estimate of drug-likeness (QED) is 0.370. The number of piperidine rings is 1. The van der Waals surface area contributed by atoms with Crippen molar-refractivity contribution >= 4 is 34.3 Å². The summed E-state index contributed by atoms with van der Waals surface area (Å²) in [5.41, 5.74) is 5.00. The number of carbonyl (C=O) groups is 1. The predicted octanol–water partition coefficient (Wildman–Crippen LogP) is 4.94. The van der Waals surface area contributed by atoms with Crippen molar-refractivity contribution in [2.45, 2.75) is 37.5 Å². The summed E-state index contributed by atoms with van der Waals surface area (Å²) in [6.45, 7) is 3.86. The molecule has 0 aromatic heterocycles. The van der Waals surface area contributed by atoms with Gasteiger partial charge in [-0.3, -0.25) is 14.9 Å². The topological polar surface area (TPSA) is 66.8 Å². The van der Waals surface area contributed by atoms with Crippen molar-refractivity contribution in [1.29, 1.82) is 0 Å². The van der Waals surface area contributed by atoms with E-state index >= 15 is 0 Å². The fourth-order valence-electron chi connectivity index (χ4n) is 4.52. The normalized spacial score (nSPS) is 18.5. The number of allylic oxidation sites excluding steroid dienone is 2. The second kappa shape index (κ2) is 10.2. The number of likely N-dealkylation sites (tertiary alicyclic amines) is 1. The van der Waals surface area contributed by atoms with Gasteiger partial charge in [-0.15, -0.1) is 0 Å². The Kier molecular flexibility index (Phi) is 7.34. The number of benzene rings is 2. The lowest BCUT2D eigenvalue weighted by molar-refractivity contribution is -0.173. The van der Waals surface area contributed by atoms with Gasteiger partial charge in [0.25, 0.3) is 5.91 Å². The minimum absolute atomic E-state index is 0.00226. The van der Waals surface area contributed by atoms with Gasteiger partial charge in [0.1, 0.15) is 18.7 Å². The molecule has 7 heteroatoms. The molecular weight excluding hydrogens is 439 g/mol. The van der Waals surface area contributed by atoms with Crippen molar-refractivity contribution in [2.75, 3.05) is 26.0 Å². The van der Waals surface area contributed by atoms with Crippen molar-refractivity contribution in [3.63, 3.8) is 0 Å². The molecule has 2 aliphatic rings. The van der Waals surface area contributed by atoms with Crippen molar-refractivity contribution in [3.8, 4) is 0 Å². The van der Waals surface area contributed by atoms with E-state index < -0.39 is 17.1 Å². The molecule has 1 heterocycles. The monoisotopic (exact) mass is 468 g/mol. The van der Waals surface area contributed by atoms with Crippen molar-refractivity contribution < 1.29 is 18.9 Å². The van der Waals surface area contributed by atoms with E-state index in [1.165, 1.54) is 18.6 Å². The lowest BCUT2D eigenvalue weighted by Crippen LogP contribution is -2.41. The van der Waals surface area contributed by atoms with Gasteiger partial charge in [0.2, 0.25) is 0 Å². The number of hydrogen-bond donors (Lipinski definition) is 1. The van der Waals surface area contributed by atoms with Gasteiger partial charge in [0, 0.05) is 0 Å². The first kappa shape index (κ1) is 23.7. The zero-order chi connectivity index (χ0) is 23.5. The molecule has 1 unspecified atom stereocenters. The van der Waals surface area contributed by atoms with Gasteiger partial charge in [0.15, 0.2) is 4.90 Å². The van der Waals surface area contributed by atoms with E-state index in [0.717, 1.165) is 63.7 Å². The number of rotatable bonds is 6. The van der Waals surface area contributed by atoms with Crippen LogP contribution in [0.5, 0.6) is 0 Å². The standard InChI is InChI=1S/C26H29FN2O3S/c1-18-23(14-19-6-9-21(10-7-19)33(2)32)22-11-8-20(27)15-25(22)24(18)16-26(30)29(31)17-28-12-4-3-5-13-28/h6-11,14-15,31H,3-5,12-13,16-17H2,1-2H3/b23-14-. The van der Waals surface area contributed by atoms with E-state index in [0.29, 0.717) is 5.56 Å². The van der Waals surface area contributed by atoms with Gasteiger partial charge in [-0.05, 0) is 120 Å². The van der Waals surface area contributed by atoms with E-state index in [-0.39, 0.29) is 18.9 Å².